The summed E-state index contributed by atoms with van der Waals surface area (Å²) >= 11 is 0. The minimum Gasteiger partial charge on any atom is -0.363 e. The van der Waals surface area contributed by atoms with Crippen LogP contribution in [0, 0.1) is 6.92 Å². The molecule has 3 heterocycles. The van der Waals surface area contributed by atoms with Crippen molar-refractivity contribution in [2.45, 2.75) is 50.8 Å². The lowest BCUT2D eigenvalue weighted by Gasteiger charge is -2.19. The number of sulfonamides is 1. The molecule has 3 aromatic heterocycles. The summed E-state index contributed by atoms with van der Waals surface area (Å²) < 4.78 is 31.8. The van der Waals surface area contributed by atoms with Crippen LogP contribution in [0.1, 0.15) is 44.0 Å². The van der Waals surface area contributed by atoms with Gasteiger partial charge in [-0.3, -0.25) is 4.98 Å². The summed E-state index contributed by atoms with van der Waals surface area (Å²) in [6, 6.07) is 8.51. The van der Waals surface area contributed by atoms with Crippen molar-refractivity contribution in [3.63, 3.8) is 0 Å². The van der Waals surface area contributed by atoms with Gasteiger partial charge in [0.05, 0.1) is 5.69 Å². The molecule has 0 radical (unpaired) electrons. The molecule has 174 valence electrons. The van der Waals surface area contributed by atoms with Gasteiger partial charge in [-0.05, 0) is 36.3 Å². The Kier molecular flexibility index (Phi) is 6.11. The third kappa shape index (κ3) is 4.56. The van der Waals surface area contributed by atoms with Crippen LogP contribution in [0.3, 0.4) is 0 Å². The van der Waals surface area contributed by atoms with E-state index in [4.69, 9.17) is 4.52 Å². The molecule has 0 bridgehead atoms. The third-order valence-corrected chi connectivity index (χ3v) is 7.81. The molecular formula is C24H29N5O3S. The smallest absolute Gasteiger partial charge is 0.247 e. The molecule has 33 heavy (non-hydrogen) atoms. The molecule has 1 aromatic carbocycles. The van der Waals surface area contributed by atoms with Crippen LogP contribution >= 0.6 is 0 Å². The third-order valence-electron chi connectivity index (χ3n) is 5.86. The van der Waals surface area contributed by atoms with E-state index in [1.807, 2.05) is 0 Å². The summed E-state index contributed by atoms with van der Waals surface area (Å²) in [6.45, 7) is 8.54. The zero-order valence-electron chi connectivity index (χ0n) is 19.6. The van der Waals surface area contributed by atoms with Gasteiger partial charge in [-0.1, -0.05) is 50.2 Å². The Bertz CT molecular complexity index is 1370. The first-order valence-corrected chi connectivity index (χ1v) is 12.3. The second kappa shape index (κ2) is 8.72. The minimum atomic E-state index is -3.65. The molecule has 8 nitrogen and oxygen atoms in total. The van der Waals surface area contributed by atoms with E-state index in [9.17, 15) is 8.42 Å². The van der Waals surface area contributed by atoms with Crippen LogP contribution in [0.15, 0.2) is 52.3 Å². The van der Waals surface area contributed by atoms with Gasteiger partial charge in [0.1, 0.15) is 22.4 Å². The highest BCUT2D eigenvalue weighted by atomic mass is 32.2. The Balaban J connectivity index is 1.58. The lowest BCUT2D eigenvalue weighted by atomic mass is 9.86. The van der Waals surface area contributed by atoms with E-state index in [2.05, 4.69) is 65.1 Å². The Morgan fingerprint density at radius 3 is 2.42 bits per heavy atom. The molecule has 0 atom stereocenters. The summed E-state index contributed by atoms with van der Waals surface area (Å²) in [6.07, 6.45) is 5.79. The highest BCUT2D eigenvalue weighted by Crippen LogP contribution is 2.31. The molecule has 0 aliphatic carbocycles. The first kappa shape index (κ1) is 23.1. The molecule has 0 amide bonds. The zero-order chi connectivity index (χ0) is 23.8. The maximum absolute atomic E-state index is 12.8. The van der Waals surface area contributed by atoms with Crippen LogP contribution in [-0.2, 0) is 21.9 Å². The van der Waals surface area contributed by atoms with Gasteiger partial charge in [0.25, 0.3) is 0 Å². The number of benzene rings is 1. The highest BCUT2D eigenvalue weighted by molar-refractivity contribution is 7.89. The van der Waals surface area contributed by atoms with Crippen molar-refractivity contribution in [1.29, 1.82) is 0 Å². The Labute approximate surface area is 194 Å². The van der Waals surface area contributed by atoms with Crippen LogP contribution in [-0.4, -0.2) is 46.4 Å². The predicted octanol–water partition coefficient (Wildman–Crippen LogP) is 4.47. The molecule has 4 aromatic rings. The van der Waals surface area contributed by atoms with Gasteiger partial charge in [-0.25, -0.2) is 17.7 Å². The normalized spacial score (nSPS) is 12.7. The van der Waals surface area contributed by atoms with Crippen LogP contribution in [0.5, 0.6) is 0 Å². The fraction of sp³-hybridized carbons (Fsp3) is 0.375. The van der Waals surface area contributed by atoms with Crippen LogP contribution in [0.2, 0.25) is 0 Å². The molecule has 0 spiro atoms. The quantitative estimate of drug-likeness (QED) is 0.430. The van der Waals surface area contributed by atoms with Crippen LogP contribution in [0.25, 0.3) is 22.4 Å². The molecule has 9 heteroatoms. The van der Waals surface area contributed by atoms with E-state index in [0.29, 0.717) is 25.1 Å². The highest BCUT2D eigenvalue weighted by Gasteiger charge is 2.25. The largest absolute Gasteiger partial charge is 0.363 e. The average Bonchev–Trinajstić information content (AvgIpc) is 3.37. The molecular weight excluding hydrogens is 438 g/mol. The summed E-state index contributed by atoms with van der Waals surface area (Å²) in [5, 5.41) is 3.69. The van der Waals surface area contributed by atoms with E-state index in [1.54, 1.807) is 26.4 Å². The van der Waals surface area contributed by atoms with E-state index in [-0.39, 0.29) is 10.3 Å². The van der Waals surface area contributed by atoms with Gasteiger partial charge in [0, 0.05) is 31.5 Å². The van der Waals surface area contributed by atoms with Gasteiger partial charge < -0.3 is 9.51 Å². The van der Waals surface area contributed by atoms with E-state index in [0.717, 1.165) is 28.0 Å². The van der Waals surface area contributed by atoms with Gasteiger partial charge >= 0.3 is 0 Å². The zero-order valence-corrected chi connectivity index (χ0v) is 20.4. The Hall–Kier alpha value is -3.04. The number of aryl methyl sites for hydroxylation is 2. The van der Waals surface area contributed by atoms with Crippen molar-refractivity contribution in [3.05, 3.63) is 59.7 Å². The van der Waals surface area contributed by atoms with Gasteiger partial charge in [-0.15, -0.1) is 0 Å². The SMILES string of the molecule is Cc1nocc1S(=O)(=O)N(C)CCCc1c(-c2ccc(C(C)(C)C)cc2)[nH]c2nccnc12. The van der Waals surface area contributed by atoms with Crippen molar-refractivity contribution < 1.29 is 12.9 Å². The number of nitrogens with zero attached hydrogens (tertiary/aromatic N) is 4. The Morgan fingerprint density at radius 1 is 1.09 bits per heavy atom. The summed E-state index contributed by atoms with van der Waals surface area (Å²) in [5.74, 6) is 0. The summed E-state index contributed by atoms with van der Waals surface area (Å²) in [4.78, 5) is 12.5. The van der Waals surface area contributed by atoms with Crippen molar-refractivity contribution >= 4 is 21.2 Å². The first-order chi connectivity index (χ1) is 15.6. The number of hydrogen-bond acceptors (Lipinski definition) is 6. The number of hydrogen-bond donors (Lipinski definition) is 1. The van der Waals surface area contributed by atoms with Crippen LogP contribution in [0.4, 0.5) is 0 Å². The lowest BCUT2D eigenvalue weighted by molar-refractivity contribution is 0.412. The fourth-order valence-corrected chi connectivity index (χ4v) is 5.17. The molecule has 0 aliphatic rings. The molecule has 0 unspecified atom stereocenters. The molecule has 1 N–H and O–H groups in total. The summed E-state index contributed by atoms with van der Waals surface area (Å²) in [7, 11) is -2.08. The number of aromatic amines is 1. The lowest BCUT2D eigenvalue weighted by Crippen LogP contribution is -2.28. The second-order valence-corrected chi connectivity index (χ2v) is 11.3. The maximum Gasteiger partial charge on any atom is 0.247 e. The molecule has 0 fully saturated rings. The van der Waals surface area contributed by atoms with Gasteiger partial charge in [-0.2, -0.15) is 0 Å². The topological polar surface area (TPSA) is 105 Å². The van der Waals surface area contributed by atoms with E-state index in [1.165, 1.54) is 16.1 Å². The molecule has 0 saturated heterocycles. The van der Waals surface area contributed by atoms with Gasteiger partial charge in [0.2, 0.25) is 10.0 Å². The number of aromatic nitrogens is 4. The monoisotopic (exact) mass is 467 g/mol. The van der Waals surface area contributed by atoms with E-state index < -0.39 is 10.0 Å². The van der Waals surface area contributed by atoms with Crippen molar-refractivity contribution in [2.24, 2.45) is 0 Å². The van der Waals surface area contributed by atoms with Crippen molar-refractivity contribution in [3.8, 4) is 11.3 Å². The maximum atomic E-state index is 12.8. The second-order valence-electron chi connectivity index (χ2n) is 9.25. The summed E-state index contributed by atoms with van der Waals surface area (Å²) in [5.41, 5.74) is 6.29. The minimum absolute atomic E-state index is 0.0733. The number of nitrogens with one attached hydrogen (secondary N) is 1. The molecule has 0 aliphatic heterocycles. The number of H-pyrrole nitrogens is 1. The first-order valence-electron chi connectivity index (χ1n) is 10.9. The number of rotatable bonds is 7. The van der Waals surface area contributed by atoms with Crippen LogP contribution < -0.4 is 0 Å². The van der Waals surface area contributed by atoms with Crippen molar-refractivity contribution in [2.75, 3.05) is 13.6 Å². The van der Waals surface area contributed by atoms with Gasteiger partial charge in [0.15, 0.2) is 5.65 Å². The Morgan fingerprint density at radius 2 is 1.79 bits per heavy atom. The molecule has 4 rings (SSSR count). The predicted molar refractivity (Wildman–Crippen MR) is 127 cm³/mol. The standard InChI is InChI=1S/C24H29N5O3S/c1-16-20(15-32-28-16)33(30,31)29(5)14-6-7-19-21(27-23-22(19)25-12-13-26-23)17-8-10-18(11-9-17)24(2,3)4/h8-13,15H,6-7,14H2,1-5H3,(H,26,27). The average molecular weight is 468 g/mol. The fourth-order valence-electron chi connectivity index (χ4n) is 3.89. The van der Waals surface area contributed by atoms with E-state index >= 15 is 0 Å². The van der Waals surface area contributed by atoms with Crippen molar-refractivity contribution in [1.82, 2.24) is 24.4 Å². The molecule has 0 saturated carbocycles. The number of fused-ring (bicyclic) bond motifs is 1.